The second-order valence-electron chi connectivity index (χ2n) is 4.48. The highest BCUT2D eigenvalue weighted by atomic mass is 35.5. The van der Waals surface area contributed by atoms with E-state index < -0.39 is 5.82 Å². The van der Waals surface area contributed by atoms with Crippen molar-refractivity contribution in [3.8, 4) is 10.6 Å². The van der Waals surface area contributed by atoms with E-state index in [1.54, 1.807) is 13.2 Å². The van der Waals surface area contributed by atoms with Crippen LogP contribution in [0.4, 0.5) is 4.39 Å². The van der Waals surface area contributed by atoms with Gasteiger partial charge in [-0.3, -0.25) is 0 Å². The molecule has 0 aliphatic heterocycles. The van der Waals surface area contributed by atoms with E-state index in [0.29, 0.717) is 17.2 Å². The minimum Gasteiger partial charge on any atom is -0.383 e. The first-order valence-corrected chi connectivity index (χ1v) is 7.87. The van der Waals surface area contributed by atoms with Crippen LogP contribution in [0.15, 0.2) is 18.2 Å². The van der Waals surface area contributed by atoms with E-state index in [4.69, 9.17) is 16.3 Å². The number of hydrogen-bond donors (Lipinski definition) is 1. The van der Waals surface area contributed by atoms with Crippen molar-refractivity contribution in [3.05, 3.63) is 34.0 Å². The maximum Gasteiger partial charge on any atom is 0.147 e. The van der Waals surface area contributed by atoms with Crippen molar-refractivity contribution in [1.29, 1.82) is 0 Å². The third kappa shape index (κ3) is 5.00. The molecule has 0 amide bonds. The Morgan fingerprint density at radius 3 is 2.95 bits per heavy atom. The largest absolute Gasteiger partial charge is 0.383 e. The zero-order valence-corrected chi connectivity index (χ0v) is 13.3. The first-order valence-electron chi connectivity index (χ1n) is 6.68. The Balaban J connectivity index is 1.85. The Kier molecular flexibility index (Phi) is 6.50. The molecular weight excluding hydrogens is 313 g/mol. The third-order valence-electron chi connectivity index (χ3n) is 2.86. The molecule has 7 heteroatoms. The summed E-state index contributed by atoms with van der Waals surface area (Å²) in [5.41, 5.74) is 0.707. The van der Waals surface area contributed by atoms with Crippen LogP contribution >= 0.6 is 22.9 Å². The third-order valence-corrected chi connectivity index (χ3v) is 4.20. The summed E-state index contributed by atoms with van der Waals surface area (Å²) in [6.45, 7) is 2.47. The number of nitrogens with one attached hydrogen (secondary N) is 1. The Hall–Kier alpha value is -1.08. The molecule has 0 fully saturated rings. The van der Waals surface area contributed by atoms with Gasteiger partial charge < -0.3 is 10.1 Å². The molecule has 1 aromatic carbocycles. The van der Waals surface area contributed by atoms with Crippen LogP contribution in [-0.2, 0) is 11.2 Å². The SMILES string of the molecule is COCCNCCCc1nnc(-c2ccc(Cl)c(F)c2)s1. The quantitative estimate of drug-likeness (QED) is 0.756. The van der Waals surface area contributed by atoms with Gasteiger partial charge in [-0.05, 0) is 25.1 Å². The molecule has 1 heterocycles. The van der Waals surface area contributed by atoms with E-state index in [0.717, 1.165) is 30.9 Å². The summed E-state index contributed by atoms with van der Waals surface area (Å²) in [5, 5.41) is 13.3. The Morgan fingerprint density at radius 1 is 1.33 bits per heavy atom. The van der Waals surface area contributed by atoms with Gasteiger partial charge in [-0.15, -0.1) is 10.2 Å². The van der Waals surface area contributed by atoms with Crippen molar-refractivity contribution < 1.29 is 9.13 Å². The van der Waals surface area contributed by atoms with Crippen LogP contribution in [-0.4, -0.2) is 37.0 Å². The molecule has 4 nitrogen and oxygen atoms in total. The summed E-state index contributed by atoms with van der Waals surface area (Å²) in [6.07, 6.45) is 1.83. The molecule has 0 aliphatic carbocycles. The summed E-state index contributed by atoms with van der Waals surface area (Å²) >= 11 is 7.15. The van der Waals surface area contributed by atoms with E-state index in [-0.39, 0.29) is 5.02 Å². The zero-order chi connectivity index (χ0) is 15.1. The highest BCUT2D eigenvalue weighted by Crippen LogP contribution is 2.27. The fraction of sp³-hybridized carbons (Fsp3) is 0.429. The number of nitrogens with zero attached hydrogens (tertiary/aromatic N) is 2. The lowest BCUT2D eigenvalue weighted by molar-refractivity contribution is 0.199. The molecule has 1 N–H and O–H groups in total. The maximum atomic E-state index is 13.4. The van der Waals surface area contributed by atoms with E-state index in [9.17, 15) is 4.39 Å². The summed E-state index contributed by atoms with van der Waals surface area (Å²) in [6, 6.07) is 4.67. The molecule has 0 bridgehead atoms. The highest BCUT2D eigenvalue weighted by molar-refractivity contribution is 7.14. The topological polar surface area (TPSA) is 47.0 Å². The second kappa shape index (κ2) is 8.38. The van der Waals surface area contributed by atoms with Gasteiger partial charge in [0.2, 0.25) is 0 Å². The van der Waals surface area contributed by atoms with Crippen LogP contribution in [0.25, 0.3) is 10.6 Å². The minimum atomic E-state index is -0.437. The molecule has 0 saturated heterocycles. The zero-order valence-electron chi connectivity index (χ0n) is 11.7. The molecule has 0 aliphatic rings. The van der Waals surface area contributed by atoms with E-state index in [1.807, 2.05) is 0 Å². The monoisotopic (exact) mass is 329 g/mol. The second-order valence-corrected chi connectivity index (χ2v) is 5.95. The Bertz CT molecular complexity index is 579. The van der Waals surface area contributed by atoms with Gasteiger partial charge in [0.25, 0.3) is 0 Å². The average Bonchev–Trinajstić information content (AvgIpc) is 2.94. The number of aromatic nitrogens is 2. The standard InChI is InChI=1S/C14H17ClFN3OS/c1-20-8-7-17-6-2-3-13-18-19-14(21-13)10-4-5-11(15)12(16)9-10/h4-5,9,17H,2-3,6-8H2,1H3. The molecule has 21 heavy (non-hydrogen) atoms. The van der Waals surface area contributed by atoms with Gasteiger partial charge in [-0.2, -0.15) is 0 Å². The first-order chi connectivity index (χ1) is 10.2. The van der Waals surface area contributed by atoms with Gasteiger partial charge in [0.1, 0.15) is 15.8 Å². The number of hydrogen-bond acceptors (Lipinski definition) is 5. The molecule has 0 unspecified atom stereocenters. The lowest BCUT2D eigenvalue weighted by atomic mass is 10.2. The van der Waals surface area contributed by atoms with Crippen LogP contribution in [0, 0.1) is 5.82 Å². The first kappa shape index (κ1) is 16.3. The molecule has 1 aromatic heterocycles. The maximum absolute atomic E-state index is 13.4. The van der Waals surface area contributed by atoms with E-state index >= 15 is 0 Å². The summed E-state index contributed by atoms with van der Waals surface area (Å²) in [5.74, 6) is -0.437. The molecule has 2 rings (SSSR count). The number of ether oxygens (including phenoxy) is 1. The molecule has 114 valence electrons. The Morgan fingerprint density at radius 2 is 2.19 bits per heavy atom. The van der Waals surface area contributed by atoms with Crippen molar-refractivity contribution in [2.75, 3.05) is 26.8 Å². The highest BCUT2D eigenvalue weighted by Gasteiger charge is 2.09. The summed E-state index contributed by atoms with van der Waals surface area (Å²) in [4.78, 5) is 0. The van der Waals surface area contributed by atoms with Crippen LogP contribution in [0.3, 0.4) is 0 Å². The number of rotatable bonds is 8. The Labute approximate surface area is 132 Å². The average molecular weight is 330 g/mol. The molecular formula is C14H17ClFN3OS. The smallest absolute Gasteiger partial charge is 0.147 e. The van der Waals surface area contributed by atoms with Gasteiger partial charge in [0.15, 0.2) is 0 Å². The molecule has 0 saturated carbocycles. The van der Waals surface area contributed by atoms with Gasteiger partial charge >= 0.3 is 0 Å². The van der Waals surface area contributed by atoms with Crippen molar-refractivity contribution in [1.82, 2.24) is 15.5 Å². The molecule has 0 atom stereocenters. The van der Waals surface area contributed by atoms with Gasteiger partial charge in [0, 0.05) is 25.6 Å². The predicted molar refractivity (Wildman–Crippen MR) is 83.4 cm³/mol. The molecule has 0 spiro atoms. The van der Waals surface area contributed by atoms with Crippen molar-refractivity contribution >= 4 is 22.9 Å². The number of benzene rings is 1. The lowest BCUT2D eigenvalue weighted by Gasteiger charge is -2.01. The van der Waals surface area contributed by atoms with Gasteiger partial charge in [-0.25, -0.2) is 4.39 Å². The fourth-order valence-electron chi connectivity index (χ4n) is 1.76. The van der Waals surface area contributed by atoms with Crippen molar-refractivity contribution in [2.45, 2.75) is 12.8 Å². The summed E-state index contributed by atoms with van der Waals surface area (Å²) < 4.78 is 18.4. The minimum absolute atomic E-state index is 0.116. The van der Waals surface area contributed by atoms with Crippen LogP contribution in [0.1, 0.15) is 11.4 Å². The van der Waals surface area contributed by atoms with Gasteiger partial charge in [-0.1, -0.05) is 29.0 Å². The predicted octanol–water partition coefficient (Wildman–Crippen LogP) is 3.17. The van der Waals surface area contributed by atoms with Crippen LogP contribution in [0.2, 0.25) is 5.02 Å². The normalized spacial score (nSPS) is 11.0. The molecule has 0 radical (unpaired) electrons. The fourth-order valence-corrected chi connectivity index (χ4v) is 2.76. The lowest BCUT2D eigenvalue weighted by Crippen LogP contribution is -2.20. The summed E-state index contributed by atoms with van der Waals surface area (Å²) in [7, 11) is 1.68. The number of methoxy groups -OCH3 is 1. The van der Waals surface area contributed by atoms with Crippen LogP contribution < -0.4 is 5.32 Å². The van der Waals surface area contributed by atoms with Crippen molar-refractivity contribution in [3.63, 3.8) is 0 Å². The van der Waals surface area contributed by atoms with E-state index in [1.165, 1.54) is 23.5 Å². The van der Waals surface area contributed by atoms with E-state index in [2.05, 4.69) is 15.5 Å². The van der Waals surface area contributed by atoms with Crippen molar-refractivity contribution in [2.24, 2.45) is 0 Å². The van der Waals surface area contributed by atoms with Crippen LogP contribution in [0.5, 0.6) is 0 Å². The van der Waals surface area contributed by atoms with Gasteiger partial charge in [0.05, 0.1) is 11.6 Å². The number of aryl methyl sites for hydroxylation is 1. The number of halogens is 2. The molecule has 2 aromatic rings.